The summed E-state index contributed by atoms with van der Waals surface area (Å²) in [5, 5.41) is 0.436. The fourth-order valence-corrected chi connectivity index (χ4v) is 5.28. The molecule has 1 aliphatic heterocycles. The van der Waals surface area contributed by atoms with Gasteiger partial charge >= 0.3 is 0 Å². The molecule has 1 saturated heterocycles. The van der Waals surface area contributed by atoms with Crippen molar-refractivity contribution in [1.29, 1.82) is 0 Å². The highest BCUT2D eigenvalue weighted by Crippen LogP contribution is 2.46. The Labute approximate surface area is 123 Å². The molecule has 0 bridgehead atoms. The van der Waals surface area contributed by atoms with Crippen LogP contribution in [0, 0.1) is 11.8 Å². The first-order valence-electron chi connectivity index (χ1n) is 8.57. The molecule has 3 aliphatic rings. The lowest BCUT2D eigenvalue weighted by Gasteiger charge is -2.46. The van der Waals surface area contributed by atoms with Gasteiger partial charge in [-0.3, -0.25) is 0 Å². The predicted molar refractivity (Wildman–Crippen MR) is 80.7 cm³/mol. The molecule has 19 heavy (non-hydrogen) atoms. The number of hydrogen-bond acceptors (Lipinski definition) is 1. The van der Waals surface area contributed by atoms with Crippen molar-refractivity contribution in [2.75, 3.05) is 6.61 Å². The molecule has 0 aromatic rings. The summed E-state index contributed by atoms with van der Waals surface area (Å²) in [6.45, 7) is 0.991. The smallest absolute Gasteiger partial charge is 0.0685 e. The zero-order valence-corrected chi connectivity index (χ0v) is 13.0. The zero-order chi connectivity index (χ0) is 13.1. The number of ether oxygens (including phenoxy) is 1. The second kappa shape index (κ2) is 6.35. The van der Waals surface area contributed by atoms with Gasteiger partial charge in [-0.05, 0) is 50.4 Å². The van der Waals surface area contributed by atoms with E-state index in [1.165, 1.54) is 77.0 Å². The lowest BCUT2D eigenvalue weighted by molar-refractivity contribution is -0.125. The lowest BCUT2D eigenvalue weighted by Crippen LogP contribution is -2.44. The number of hydrogen-bond donors (Lipinski definition) is 0. The van der Waals surface area contributed by atoms with E-state index in [0.717, 1.165) is 18.4 Å². The van der Waals surface area contributed by atoms with E-state index >= 15 is 0 Å². The molecule has 0 aromatic carbocycles. The maximum atomic E-state index is 6.71. The van der Waals surface area contributed by atoms with Gasteiger partial charge < -0.3 is 4.74 Å². The molecule has 110 valence electrons. The van der Waals surface area contributed by atoms with Crippen LogP contribution in [0.25, 0.3) is 0 Å². The maximum Gasteiger partial charge on any atom is 0.0685 e. The first-order valence-corrected chi connectivity index (χ1v) is 9.01. The topological polar surface area (TPSA) is 9.23 Å². The Hall–Kier alpha value is 0.250. The molecule has 1 nitrogen and oxygen atoms in total. The van der Waals surface area contributed by atoms with Crippen molar-refractivity contribution in [2.24, 2.45) is 11.8 Å². The molecule has 1 heterocycles. The SMILES string of the molecule is ClC1CCCCCC1C1CCOC2(CCCCC2)C1. The predicted octanol–water partition coefficient (Wildman–Crippen LogP) is 5.30. The van der Waals surface area contributed by atoms with Crippen LogP contribution in [0.3, 0.4) is 0 Å². The van der Waals surface area contributed by atoms with Crippen molar-refractivity contribution >= 4 is 11.6 Å². The summed E-state index contributed by atoms with van der Waals surface area (Å²) in [4.78, 5) is 0. The minimum atomic E-state index is 0.254. The molecule has 2 heteroatoms. The molecule has 0 radical (unpaired) electrons. The van der Waals surface area contributed by atoms with Crippen molar-refractivity contribution in [1.82, 2.24) is 0 Å². The quantitative estimate of drug-likeness (QED) is 0.469. The van der Waals surface area contributed by atoms with Crippen LogP contribution in [-0.4, -0.2) is 17.6 Å². The molecule has 0 N–H and O–H groups in total. The van der Waals surface area contributed by atoms with E-state index in [1.54, 1.807) is 0 Å². The Balaban J connectivity index is 1.66. The third-order valence-electron chi connectivity index (χ3n) is 5.88. The maximum absolute atomic E-state index is 6.71. The van der Waals surface area contributed by atoms with Crippen LogP contribution in [0.5, 0.6) is 0 Å². The van der Waals surface area contributed by atoms with Crippen LogP contribution < -0.4 is 0 Å². The lowest BCUT2D eigenvalue weighted by atomic mass is 9.71. The van der Waals surface area contributed by atoms with Gasteiger partial charge in [-0.1, -0.05) is 38.5 Å². The summed E-state index contributed by atoms with van der Waals surface area (Å²) in [5.74, 6) is 1.61. The summed E-state index contributed by atoms with van der Waals surface area (Å²) in [5.41, 5.74) is 0.254. The van der Waals surface area contributed by atoms with Crippen molar-refractivity contribution < 1.29 is 4.74 Å². The average Bonchev–Trinajstić information content (AvgIpc) is 2.64. The molecule has 3 rings (SSSR count). The van der Waals surface area contributed by atoms with Gasteiger partial charge in [-0.15, -0.1) is 11.6 Å². The Kier molecular flexibility index (Phi) is 4.74. The van der Waals surface area contributed by atoms with E-state index in [2.05, 4.69) is 0 Å². The highest BCUT2D eigenvalue weighted by molar-refractivity contribution is 6.20. The summed E-state index contributed by atoms with van der Waals surface area (Å²) >= 11 is 6.71. The summed E-state index contributed by atoms with van der Waals surface area (Å²) in [7, 11) is 0. The molecule has 2 aliphatic carbocycles. The standard InChI is InChI=1S/C17H29ClO/c18-16-8-4-1-3-7-15(16)14-9-12-19-17(13-14)10-5-2-6-11-17/h14-16H,1-13H2. The second-order valence-electron chi connectivity index (χ2n) is 7.16. The highest BCUT2D eigenvalue weighted by Gasteiger charge is 2.42. The number of alkyl halides is 1. The van der Waals surface area contributed by atoms with Crippen molar-refractivity contribution in [3.05, 3.63) is 0 Å². The molecule has 0 amide bonds. The Morgan fingerprint density at radius 2 is 1.58 bits per heavy atom. The second-order valence-corrected chi connectivity index (χ2v) is 7.72. The van der Waals surface area contributed by atoms with Crippen LogP contribution >= 0.6 is 11.6 Å². The van der Waals surface area contributed by atoms with Crippen LogP contribution in [0.4, 0.5) is 0 Å². The van der Waals surface area contributed by atoms with Crippen LogP contribution in [0.15, 0.2) is 0 Å². The van der Waals surface area contributed by atoms with Crippen LogP contribution in [0.1, 0.15) is 77.0 Å². The Bertz CT molecular complexity index is 279. The summed E-state index contributed by atoms with van der Waals surface area (Å²) in [6, 6.07) is 0. The van der Waals surface area contributed by atoms with Crippen molar-refractivity contribution in [3.8, 4) is 0 Å². The van der Waals surface area contributed by atoms with E-state index in [-0.39, 0.29) is 5.60 Å². The highest BCUT2D eigenvalue weighted by atomic mass is 35.5. The normalized spacial score (nSPS) is 39.9. The fraction of sp³-hybridized carbons (Fsp3) is 1.00. The van der Waals surface area contributed by atoms with Crippen LogP contribution in [-0.2, 0) is 4.74 Å². The van der Waals surface area contributed by atoms with Crippen molar-refractivity contribution in [3.63, 3.8) is 0 Å². The molecular weight excluding hydrogens is 256 g/mol. The Morgan fingerprint density at radius 1 is 0.842 bits per heavy atom. The van der Waals surface area contributed by atoms with E-state index < -0.39 is 0 Å². The third kappa shape index (κ3) is 3.29. The van der Waals surface area contributed by atoms with Gasteiger partial charge in [0.2, 0.25) is 0 Å². The summed E-state index contributed by atoms with van der Waals surface area (Å²) in [6.07, 6.45) is 16.1. The zero-order valence-electron chi connectivity index (χ0n) is 12.2. The summed E-state index contributed by atoms with van der Waals surface area (Å²) < 4.78 is 6.25. The molecule has 3 unspecified atom stereocenters. The molecule has 1 spiro atoms. The van der Waals surface area contributed by atoms with Gasteiger partial charge in [0.05, 0.1) is 5.60 Å². The molecule has 3 fully saturated rings. The number of halogens is 1. The monoisotopic (exact) mass is 284 g/mol. The molecule has 3 atom stereocenters. The van der Waals surface area contributed by atoms with Gasteiger partial charge in [-0.2, -0.15) is 0 Å². The van der Waals surface area contributed by atoms with E-state index in [0.29, 0.717) is 5.38 Å². The average molecular weight is 285 g/mol. The van der Waals surface area contributed by atoms with Gasteiger partial charge in [0, 0.05) is 12.0 Å². The molecular formula is C17H29ClO. The first-order chi connectivity index (χ1) is 9.29. The van der Waals surface area contributed by atoms with Gasteiger partial charge in [0.25, 0.3) is 0 Å². The Morgan fingerprint density at radius 3 is 2.42 bits per heavy atom. The fourth-order valence-electron chi connectivity index (χ4n) is 4.80. The van der Waals surface area contributed by atoms with Crippen LogP contribution in [0.2, 0.25) is 0 Å². The van der Waals surface area contributed by atoms with Gasteiger partial charge in [0.1, 0.15) is 0 Å². The molecule has 2 saturated carbocycles. The minimum absolute atomic E-state index is 0.254. The first kappa shape index (κ1) is 14.2. The molecule has 0 aromatic heterocycles. The largest absolute Gasteiger partial charge is 0.375 e. The third-order valence-corrected chi connectivity index (χ3v) is 6.43. The van der Waals surface area contributed by atoms with E-state index in [1.807, 2.05) is 0 Å². The van der Waals surface area contributed by atoms with E-state index in [9.17, 15) is 0 Å². The van der Waals surface area contributed by atoms with Crippen molar-refractivity contribution in [2.45, 2.75) is 88.0 Å². The van der Waals surface area contributed by atoms with Gasteiger partial charge in [0.15, 0.2) is 0 Å². The number of rotatable bonds is 1. The van der Waals surface area contributed by atoms with E-state index in [4.69, 9.17) is 16.3 Å². The minimum Gasteiger partial charge on any atom is -0.375 e. The van der Waals surface area contributed by atoms with Gasteiger partial charge in [-0.25, -0.2) is 0 Å².